The smallest absolute Gasteiger partial charge is 0.265 e. The summed E-state index contributed by atoms with van der Waals surface area (Å²) >= 11 is 0. The highest BCUT2D eigenvalue weighted by molar-refractivity contribution is 7.89. The average molecular weight is 444 g/mol. The van der Waals surface area contributed by atoms with Crippen molar-refractivity contribution in [3.63, 3.8) is 0 Å². The van der Waals surface area contributed by atoms with E-state index in [2.05, 4.69) is 10.6 Å². The molecule has 2 amide bonds. The van der Waals surface area contributed by atoms with Crippen molar-refractivity contribution in [3.8, 4) is 5.75 Å². The van der Waals surface area contributed by atoms with Gasteiger partial charge in [0.25, 0.3) is 5.91 Å². The van der Waals surface area contributed by atoms with Crippen molar-refractivity contribution in [1.29, 1.82) is 0 Å². The van der Waals surface area contributed by atoms with Crippen LogP contribution in [-0.4, -0.2) is 43.2 Å². The zero-order valence-corrected chi connectivity index (χ0v) is 18.2. The molecule has 0 saturated carbocycles. The molecule has 2 aliphatic heterocycles. The quantitative estimate of drug-likeness (QED) is 0.737. The van der Waals surface area contributed by atoms with Crippen molar-refractivity contribution in [2.75, 3.05) is 11.9 Å². The molecule has 0 radical (unpaired) electrons. The lowest BCUT2D eigenvalue weighted by Gasteiger charge is -2.27. The number of nitrogens with one attached hydrogen (secondary N) is 2. The molecule has 1 fully saturated rings. The number of aryl methyl sites for hydroxylation is 1. The summed E-state index contributed by atoms with van der Waals surface area (Å²) in [5.41, 5.74) is 1.87. The highest BCUT2D eigenvalue weighted by Crippen LogP contribution is 2.36. The Morgan fingerprint density at radius 2 is 2.00 bits per heavy atom. The lowest BCUT2D eigenvalue weighted by atomic mass is 10.1. The summed E-state index contributed by atoms with van der Waals surface area (Å²) in [6, 6.07) is 11.7. The molecule has 2 aliphatic rings. The topological polar surface area (TPSA) is 105 Å². The monoisotopic (exact) mass is 443 g/mol. The molecule has 8 nitrogen and oxygen atoms in total. The van der Waals surface area contributed by atoms with Crippen LogP contribution in [0.2, 0.25) is 0 Å². The van der Waals surface area contributed by atoms with E-state index in [1.54, 1.807) is 19.9 Å². The normalized spacial score (nSPS) is 21.2. The summed E-state index contributed by atoms with van der Waals surface area (Å²) in [7, 11) is -3.93. The van der Waals surface area contributed by atoms with E-state index in [4.69, 9.17) is 4.74 Å². The highest BCUT2D eigenvalue weighted by atomic mass is 32.2. The van der Waals surface area contributed by atoms with Gasteiger partial charge in [-0.25, -0.2) is 8.42 Å². The van der Waals surface area contributed by atoms with Gasteiger partial charge in [-0.3, -0.25) is 9.59 Å². The van der Waals surface area contributed by atoms with Gasteiger partial charge >= 0.3 is 0 Å². The van der Waals surface area contributed by atoms with E-state index in [9.17, 15) is 18.0 Å². The summed E-state index contributed by atoms with van der Waals surface area (Å²) in [6.07, 6.45) is 0.359. The van der Waals surface area contributed by atoms with Crippen LogP contribution in [0.25, 0.3) is 0 Å². The van der Waals surface area contributed by atoms with Gasteiger partial charge in [-0.1, -0.05) is 30.3 Å². The van der Waals surface area contributed by atoms with Crippen LogP contribution in [0.3, 0.4) is 0 Å². The molecule has 0 spiro atoms. The minimum absolute atomic E-state index is 0.0809. The number of carbonyl (C=O) groups is 2. The van der Waals surface area contributed by atoms with E-state index in [-0.39, 0.29) is 23.3 Å². The van der Waals surface area contributed by atoms with E-state index >= 15 is 0 Å². The lowest BCUT2D eigenvalue weighted by Crippen LogP contribution is -2.45. The fraction of sp³-hybridized carbons (Fsp3) is 0.364. The number of anilines is 1. The second kappa shape index (κ2) is 8.32. The third-order valence-corrected chi connectivity index (χ3v) is 7.66. The van der Waals surface area contributed by atoms with Gasteiger partial charge in [-0.05, 0) is 43.9 Å². The van der Waals surface area contributed by atoms with Crippen molar-refractivity contribution < 1.29 is 22.7 Å². The number of rotatable bonds is 5. The van der Waals surface area contributed by atoms with Gasteiger partial charge in [0.15, 0.2) is 6.10 Å². The summed E-state index contributed by atoms with van der Waals surface area (Å²) in [4.78, 5) is 24.7. The van der Waals surface area contributed by atoms with Crippen molar-refractivity contribution in [1.82, 2.24) is 9.62 Å². The molecule has 2 aromatic rings. The molecule has 2 heterocycles. The predicted octanol–water partition coefficient (Wildman–Crippen LogP) is 2.18. The molecular formula is C22H25N3O5S. The molecule has 0 unspecified atom stereocenters. The van der Waals surface area contributed by atoms with Crippen molar-refractivity contribution in [2.24, 2.45) is 0 Å². The molecule has 31 heavy (non-hydrogen) atoms. The van der Waals surface area contributed by atoms with Crippen LogP contribution in [0.1, 0.15) is 30.9 Å². The number of sulfonamides is 1. The Labute approximate surface area is 181 Å². The Hall–Kier alpha value is -2.91. The molecule has 2 aromatic carbocycles. The minimum Gasteiger partial charge on any atom is -0.479 e. The fourth-order valence-electron chi connectivity index (χ4n) is 3.94. The molecule has 1 saturated heterocycles. The van der Waals surface area contributed by atoms with E-state index in [0.717, 1.165) is 5.56 Å². The summed E-state index contributed by atoms with van der Waals surface area (Å²) in [5.74, 6) is -0.282. The van der Waals surface area contributed by atoms with Crippen LogP contribution in [-0.2, 0) is 26.2 Å². The number of benzene rings is 2. The zero-order valence-electron chi connectivity index (χ0n) is 17.4. The molecule has 0 aliphatic carbocycles. The number of fused-ring (bicyclic) bond motifs is 1. The maximum atomic E-state index is 13.5. The van der Waals surface area contributed by atoms with Crippen LogP contribution in [0.4, 0.5) is 5.69 Å². The van der Waals surface area contributed by atoms with Crippen molar-refractivity contribution in [2.45, 2.75) is 50.3 Å². The highest BCUT2D eigenvalue weighted by Gasteiger charge is 2.40. The van der Waals surface area contributed by atoms with Crippen LogP contribution >= 0.6 is 0 Å². The van der Waals surface area contributed by atoms with Gasteiger partial charge in [-0.2, -0.15) is 4.31 Å². The van der Waals surface area contributed by atoms with E-state index in [1.807, 2.05) is 30.3 Å². The second-order valence-electron chi connectivity index (χ2n) is 7.84. The van der Waals surface area contributed by atoms with Gasteiger partial charge in [0.2, 0.25) is 15.9 Å². The SMILES string of the molecule is Cc1cc2c(cc1S(=O)(=O)N1CCC[C@@H]1C(=O)NCc1ccccc1)O[C@H](C)C(=O)N2. The Balaban J connectivity index is 1.57. The Morgan fingerprint density at radius 1 is 1.26 bits per heavy atom. The standard InChI is InChI=1S/C22H25N3O5S/c1-14-11-17-19(30-15(2)21(26)24-17)12-20(14)31(28,29)25-10-6-9-18(25)22(27)23-13-16-7-4-3-5-8-16/h3-5,7-8,11-12,15,18H,6,9-10,13H2,1-2H3,(H,23,27)(H,24,26)/t15-,18-/m1/s1. The third kappa shape index (κ3) is 4.15. The minimum atomic E-state index is -3.93. The third-order valence-electron chi connectivity index (χ3n) is 5.61. The molecular weight excluding hydrogens is 418 g/mol. The van der Waals surface area contributed by atoms with Gasteiger partial charge in [0.1, 0.15) is 11.8 Å². The number of nitrogens with zero attached hydrogens (tertiary/aromatic N) is 1. The molecule has 9 heteroatoms. The first-order valence-electron chi connectivity index (χ1n) is 10.2. The number of ether oxygens (including phenoxy) is 1. The number of amides is 2. The predicted molar refractivity (Wildman–Crippen MR) is 115 cm³/mol. The Bertz CT molecular complexity index is 1120. The molecule has 2 atom stereocenters. The van der Waals surface area contributed by atoms with Crippen LogP contribution in [0.5, 0.6) is 5.75 Å². The average Bonchev–Trinajstić information content (AvgIpc) is 3.24. The Kier molecular flexibility index (Phi) is 5.72. The number of hydrogen-bond acceptors (Lipinski definition) is 5. The zero-order chi connectivity index (χ0) is 22.2. The maximum absolute atomic E-state index is 13.5. The molecule has 0 bridgehead atoms. The lowest BCUT2D eigenvalue weighted by molar-refractivity contribution is -0.124. The Morgan fingerprint density at radius 3 is 2.74 bits per heavy atom. The fourth-order valence-corrected chi connectivity index (χ4v) is 5.82. The summed E-state index contributed by atoms with van der Waals surface area (Å²) < 4.78 is 33.8. The van der Waals surface area contributed by atoms with Crippen LogP contribution < -0.4 is 15.4 Å². The van der Waals surface area contributed by atoms with Crippen LogP contribution in [0, 0.1) is 6.92 Å². The molecule has 164 valence electrons. The first-order valence-corrected chi connectivity index (χ1v) is 11.7. The van der Waals surface area contributed by atoms with Crippen molar-refractivity contribution in [3.05, 3.63) is 53.6 Å². The number of hydrogen-bond donors (Lipinski definition) is 2. The largest absolute Gasteiger partial charge is 0.479 e. The van der Waals surface area contributed by atoms with Crippen LogP contribution in [0.15, 0.2) is 47.4 Å². The summed E-state index contributed by atoms with van der Waals surface area (Å²) in [5, 5.41) is 5.57. The van der Waals surface area contributed by atoms with Gasteiger partial charge in [0.05, 0.1) is 10.6 Å². The number of carbonyl (C=O) groups excluding carboxylic acids is 2. The maximum Gasteiger partial charge on any atom is 0.265 e. The molecule has 4 rings (SSSR count). The first kappa shape index (κ1) is 21.3. The van der Waals surface area contributed by atoms with Gasteiger partial charge < -0.3 is 15.4 Å². The molecule has 0 aromatic heterocycles. The van der Waals surface area contributed by atoms with Gasteiger partial charge in [-0.15, -0.1) is 0 Å². The molecule has 2 N–H and O–H groups in total. The van der Waals surface area contributed by atoms with Gasteiger partial charge in [0, 0.05) is 19.2 Å². The first-order chi connectivity index (χ1) is 14.8. The summed E-state index contributed by atoms with van der Waals surface area (Å²) in [6.45, 7) is 3.88. The second-order valence-corrected chi connectivity index (χ2v) is 9.70. The van der Waals surface area contributed by atoms with E-state index < -0.39 is 22.2 Å². The van der Waals surface area contributed by atoms with Crippen molar-refractivity contribution >= 4 is 27.5 Å². The van der Waals surface area contributed by atoms with E-state index in [1.165, 1.54) is 10.4 Å². The van der Waals surface area contributed by atoms with E-state index in [0.29, 0.717) is 36.4 Å².